The van der Waals surface area contributed by atoms with Gasteiger partial charge in [0.1, 0.15) is 5.69 Å². The van der Waals surface area contributed by atoms with Gasteiger partial charge in [-0.3, -0.25) is 9.78 Å². The molecule has 9 heteroatoms. The molecule has 0 aliphatic heterocycles. The third-order valence-electron chi connectivity index (χ3n) is 2.50. The molecular formula is C12H10F3N5O. The van der Waals surface area contributed by atoms with Crippen molar-refractivity contribution >= 4 is 12.2 Å². The smallest absolute Gasteiger partial charge is 0.288 e. The fraction of sp³-hybridized carbons (Fsp3) is 0.167. The molecule has 0 amide bonds. The predicted molar refractivity (Wildman–Crippen MR) is 70.1 cm³/mol. The number of nitrogens with one attached hydrogen (secondary N) is 2. The second-order valence-electron chi connectivity index (χ2n) is 4.04. The Balaban J connectivity index is 2.19. The van der Waals surface area contributed by atoms with Crippen molar-refractivity contribution in [3.8, 4) is 0 Å². The minimum Gasteiger partial charge on any atom is -0.288 e. The number of aromatic amines is 1. The van der Waals surface area contributed by atoms with Gasteiger partial charge in [0, 0.05) is 5.56 Å². The Kier molecular flexibility index (Phi) is 4.01. The minimum atomic E-state index is -4.47. The molecule has 2 aromatic rings. The molecule has 2 rings (SSSR count). The summed E-state index contributed by atoms with van der Waals surface area (Å²) < 4.78 is 38.2. The molecule has 1 heterocycles. The molecule has 1 aromatic carbocycles. The first-order valence-corrected chi connectivity index (χ1v) is 5.77. The zero-order valence-corrected chi connectivity index (χ0v) is 10.8. The maximum Gasteiger partial charge on any atom is 0.417 e. The van der Waals surface area contributed by atoms with Crippen molar-refractivity contribution in [1.82, 2.24) is 15.2 Å². The van der Waals surface area contributed by atoms with Crippen LogP contribution in [0.2, 0.25) is 0 Å². The fourth-order valence-electron chi connectivity index (χ4n) is 1.47. The molecular weight excluding hydrogens is 287 g/mol. The van der Waals surface area contributed by atoms with Gasteiger partial charge in [0.05, 0.1) is 11.8 Å². The molecule has 21 heavy (non-hydrogen) atoms. The second-order valence-corrected chi connectivity index (χ2v) is 4.04. The van der Waals surface area contributed by atoms with Crippen molar-refractivity contribution in [2.75, 3.05) is 5.43 Å². The SMILES string of the molecule is Cc1nnc(N/N=C\c2ccccc2C(F)(F)F)[nH]c1=O. The molecule has 6 nitrogen and oxygen atoms in total. The van der Waals surface area contributed by atoms with Crippen molar-refractivity contribution in [3.05, 3.63) is 51.4 Å². The lowest BCUT2D eigenvalue weighted by Crippen LogP contribution is -2.15. The van der Waals surface area contributed by atoms with E-state index in [4.69, 9.17) is 0 Å². The Labute approximate surface area is 116 Å². The van der Waals surface area contributed by atoms with Gasteiger partial charge in [0.25, 0.3) is 5.56 Å². The van der Waals surface area contributed by atoms with Crippen LogP contribution >= 0.6 is 0 Å². The van der Waals surface area contributed by atoms with Crippen LogP contribution in [0.3, 0.4) is 0 Å². The van der Waals surface area contributed by atoms with Crippen LogP contribution in [-0.4, -0.2) is 21.4 Å². The Morgan fingerprint density at radius 2 is 2.00 bits per heavy atom. The van der Waals surface area contributed by atoms with Crippen molar-refractivity contribution in [3.63, 3.8) is 0 Å². The topological polar surface area (TPSA) is 83.0 Å². The molecule has 0 bridgehead atoms. The number of anilines is 1. The van der Waals surface area contributed by atoms with Crippen LogP contribution < -0.4 is 11.0 Å². The molecule has 0 atom stereocenters. The lowest BCUT2D eigenvalue weighted by molar-refractivity contribution is -0.137. The predicted octanol–water partition coefficient (Wildman–Crippen LogP) is 1.94. The Morgan fingerprint density at radius 1 is 1.29 bits per heavy atom. The van der Waals surface area contributed by atoms with E-state index < -0.39 is 17.3 Å². The summed E-state index contributed by atoms with van der Waals surface area (Å²) in [4.78, 5) is 13.6. The van der Waals surface area contributed by atoms with Crippen LogP contribution in [0.4, 0.5) is 19.1 Å². The third-order valence-corrected chi connectivity index (χ3v) is 2.50. The van der Waals surface area contributed by atoms with Crippen molar-refractivity contribution in [1.29, 1.82) is 0 Å². The van der Waals surface area contributed by atoms with Crippen LogP contribution in [0, 0.1) is 6.92 Å². The summed E-state index contributed by atoms with van der Waals surface area (Å²) in [5.41, 5.74) is 1.11. The highest BCUT2D eigenvalue weighted by Gasteiger charge is 2.32. The van der Waals surface area contributed by atoms with E-state index in [-0.39, 0.29) is 17.2 Å². The monoisotopic (exact) mass is 297 g/mol. The number of benzene rings is 1. The largest absolute Gasteiger partial charge is 0.417 e. The molecule has 0 spiro atoms. The average molecular weight is 297 g/mol. The van der Waals surface area contributed by atoms with Crippen LogP contribution in [0.25, 0.3) is 0 Å². The number of aromatic nitrogens is 3. The zero-order valence-electron chi connectivity index (χ0n) is 10.8. The maximum atomic E-state index is 12.7. The Hall–Kier alpha value is -2.71. The maximum absolute atomic E-state index is 12.7. The molecule has 2 N–H and O–H groups in total. The standard InChI is InChI=1S/C12H10F3N5O/c1-7-10(21)17-11(20-18-7)19-16-6-8-4-2-3-5-9(8)12(13,14)15/h2-6H,1H3,(H2,17,19,20,21)/b16-6-. The number of nitrogens with zero attached hydrogens (tertiary/aromatic N) is 3. The first kappa shape index (κ1) is 14.7. The normalized spacial score (nSPS) is 11.8. The highest BCUT2D eigenvalue weighted by atomic mass is 19.4. The van der Waals surface area contributed by atoms with Gasteiger partial charge in [-0.1, -0.05) is 18.2 Å². The van der Waals surface area contributed by atoms with E-state index in [0.29, 0.717) is 0 Å². The molecule has 0 saturated carbocycles. The first-order chi connectivity index (χ1) is 9.88. The summed E-state index contributed by atoms with van der Waals surface area (Å²) in [6.45, 7) is 1.47. The highest BCUT2D eigenvalue weighted by molar-refractivity contribution is 5.82. The van der Waals surface area contributed by atoms with Gasteiger partial charge in [-0.2, -0.15) is 18.3 Å². The van der Waals surface area contributed by atoms with E-state index in [2.05, 4.69) is 25.7 Å². The van der Waals surface area contributed by atoms with Gasteiger partial charge in [-0.15, -0.1) is 10.2 Å². The van der Waals surface area contributed by atoms with Crippen LogP contribution in [0.5, 0.6) is 0 Å². The third kappa shape index (κ3) is 3.65. The fourth-order valence-corrected chi connectivity index (χ4v) is 1.47. The van der Waals surface area contributed by atoms with E-state index in [9.17, 15) is 18.0 Å². The highest BCUT2D eigenvalue weighted by Crippen LogP contribution is 2.31. The van der Waals surface area contributed by atoms with Gasteiger partial charge >= 0.3 is 6.18 Å². The Morgan fingerprint density at radius 3 is 2.67 bits per heavy atom. The lowest BCUT2D eigenvalue weighted by Gasteiger charge is -2.09. The quantitative estimate of drug-likeness (QED) is 0.670. The summed E-state index contributed by atoms with van der Waals surface area (Å²) in [5, 5.41) is 10.7. The van der Waals surface area contributed by atoms with Gasteiger partial charge in [-0.05, 0) is 13.0 Å². The van der Waals surface area contributed by atoms with E-state index in [1.165, 1.54) is 25.1 Å². The lowest BCUT2D eigenvalue weighted by atomic mass is 10.1. The molecule has 0 unspecified atom stereocenters. The number of alkyl halides is 3. The molecule has 0 aliphatic rings. The van der Waals surface area contributed by atoms with Crippen LogP contribution in [0.15, 0.2) is 34.2 Å². The molecule has 0 aliphatic carbocycles. The Bertz CT molecular complexity index is 723. The summed E-state index contributed by atoms with van der Waals surface area (Å²) in [6.07, 6.45) is -3.48. The van der Waals surface area contributed by atoms with E-state index in [1.54, 1.807) is 0 Å². The van der Waals surface area contributed by atoms with Crippen LogP contribution in [-0.2, 0) is 6.18 Å². The molecule has 0 fully saturated rings. The van der Waals surface area contributed by atoms with Crippen LogP contribution in [0.1, 0.15) is 16.8 Å². The summed E-state index contributed by atoms with van der Waals surface area (Å²) in [6, 6.07) is 4.98. The van der Waals surface area contributed by atoms with E-state index in [1.807, 2.05) is 0 Å². The number of hydrogen-bond acceptors (Lipinski definition) is 5. The second kappa shape index (κ2) is 5.73. The van der Waals surface area contributed by atoms with Gasteiger partial charge in [0.2, 0.25) is 5.95 Å². The van der Waals surface area contributed by atoms with Gasteiger partial charge in [0.15, 0.2) is 0 Å². The molecule has 0 saturated heterocycles. The van der Waals surface area contributed by atoms with E-state index >= 15 is 0 Å². The number of rotatable bonds is 3. The number of H-pyrrole nitrogens is 1. The van der Waals surface area contributed by atoms with Crippen molar-refractivity contribution in [2.45, 2.75) is 13.1 Å². The number of aryl methyl sites for hydroxylation is 1. The summed E-state index contributed by atoms with van der Waals surface area (Å²) in [7, 11) is 0. The van der Waals surface area contributed by atoms with Crippen molar-refractivity contribution in [2.24, 2.45) is 5.10 Å². The molecule has 110 valence electrons. The minimum absolute atomic E-state index is 0.0636. The number of hydrogen-bond donors (Lipinski definition) is 2. The molecule has 1 aromatic heterocycles. The zero-order chi connectivity index (χ0) is 15.5. The summed E-state index contributed by atoms with van der Waals surface area (Å²) >= 11 is 0. The van der Waals surface area contributed by atoms with Crippen molar-refractivity contribution < 1.29 is 13.2 Å². The number of halogens is 3. The van der Waals surface area contributed by atoms with Gasteiger partial charge < -0.3 is 0 Å². The van der Waals surface area contributed by atoms with Gasteiger partial charge in [-0.25, -0.2) is 5.43 Å². The molecule has 0 radical (unpaired) electrons. The number of hydrazone groups is 1. The average Bonchev–Trinajstić information content (AvgIpc) is 2.42. The first-order valence-electron chi connectivity index (χ1n) is 5.77. The summed E-state index contributed by atoms with van der Waals surface area (Å²) in [5.74, 6) is -0.0636. The van der Waals surface area contributed by atoms with E-state index in [0.717, 1.165) is 12.3 Å².